The second kappa shape index (κ2) is 8.06. The molecular weight excluding hydrogens is 368 g/mol. The minimum atomic E-state index is -0.241. The number of thiazole rings is 1. The number of carbonyl (C=O) groups is 1. The molecule has 0 aliphatic heterocycles. The zero-order valence-electron chi connectivity index (χ0n) is 15.3. The fourth-order valence-corrected chi connectivity index (χ4v) is 3.50. The Hall–Kier alpha value is -3.44. The first kappa shape index (κ1) is 17.9. The Morgan fingerprint density at radius 2 is 1.68 bits per heavy atom. The van der Waals surface area contributed by atoms with Crippen molar-refractivity contribution in [1.82, 2.24) is 4.98 Å². The van der Waals surface area contributed by atoms with Crippen LogP contribution in [-0.2, 0) is 4.79 Å². The summed E-state index contributed by atoms with van der Waals surface area (Å²) < 4.78 is 5.41. The summed E-state index contributed by atoms with van der Waals surface area (Å²) in [5.41, 5.74) is 4.19. The molecule has 1 N–H and O–H groups in total. The van der Waals surface area contributed by atoms with Crippen molar-refractivity contribution in [1.29, 1.82) is 0 Å². The Morgan fingerprint density at radius 3 is 2.39 bits per heavy atom. The van der Waals surface area contributed by atoms with Gasteiger partial charge in [0.2, 0.25) is 5.91 Å². The fraction of sp³-hybridized carbons (Fsp3) is 0.0435. The molecule has 0 unspecified atom stereocenters. The SMILES string of the molecule is Cc1ccc(/C=C/C(=O)Nc2nc(-c3ccc(-c4ccccc4)cc3)cs2)o1. The van der Waals surface area contributed by atoms with Crippen molar-refractivity contribution in [3.05, 3.63) is 89.7 Å². The summed E-state index contributed by atoms with van der Waals surface area (Å²) in [5, 5.41) is 5.29. The van der Waals surface area contributed by atoms with Crippen LogP contribution in [0.15, 0.2) is 82.6 Å². The Labute approximate surface area is 167 Å². The molecule has 1 amide bonds. The zero-order chi connectivity index (χ0) is 19.3. The molecule has 0 spiro atoms. The number of furan rings is 1. The molecule has 0 aliphatic rings. The zero-order valence-corrected chi connectivity index (χ0v) is 16.1. The standard InChI is InChI=1S/C23H18N2O2S/c1-16-7-12-20(27-16)13-14-22(26)25-23-24-21(15-28-23)19-10-8-18(9-11-19)17-5-3-2-4-6-17/h2-15H,1H3,(H,24,25,26)/b14-13+. The number of nitrogens with one attached hydrogen (secondary N) is 1. The number of benzene rings is 2. The summed E-state index contributed by atoms with van der Waals surface area (Å²) in [5.74, 6) is 1.21. The molecule has 0 saturated heterocycles. The largest absolute Gasteiger partial charge is 0.462 e. The van der Waals surface area contributed by atoms with Crippen molar-refractivity contribution >= 4 is 28.5 Å². The van der Waals surface area contributed by atoms with E-state index in [4.69, 9.17) is 4.42 Å². The first-order valence-electron chi connectivity index (χ1n) is 8.84. The predicted octanol–water partition coefficient (Wildman–Crippen LogP) is 6.03. The average molecular weight is 386 g/mol. The van der Waals surface area contributed by atoms with Gasteiger partial charge in [0, 0.05) is 17.0 Å². The van der Waals surface area contributed by atoms with E-state index in [1.807, 2.05) is 54.8 Å². The predicted molar refractivity (Wildman–Crippen MR) is 114 cm³/mol. The van der Waals surface area contributed by atoms with Crippen molar-refractivity contribution < 1.29 is 9.21 Å². The van der Waals surface area contributed by atoms with Gasteiger partial charge in [-0.15, -0.1) is 11.3 Å². The molecule has 2 aromatic carbocycles. The van der Waals surface area contributed by atoms with Gasteiger partial charge in [-0.25, -0.2) is 4.98 Å². The molecule has 4 rings (SSSR count). The Bertz CT molecular complexity index is 1110. The van der Waals surface area contributed by atoms with Gasteiger partial charge in [0.1, 0.15) is 11.5 Å². The average Bonchev–Trinajstić information content (AvgIpc) is 3.36. The molecule has 0 saturated carbocycles. The summed E-state index contributed by atoms with van der Waals surface area (Å²) in [6.07, 6.45) is 3.08. The van der Waals surface area contributed by atoms with Crippen molar-refractivity contribution in [3.63, 3.8) is 0 Å². The van der Waals surface area contributed by atoms with E-state index in [1.165, 1.54) is 23.0 Å². The van der Waals surface area contributed by atoms with E-state index in [9.17, 15) is 4.79 Å². The molecule has 4 nitrogen and oxygen atoms in total. The smallest absolute Gasteiger partial charge is 0.250 e. The van der Waals surface area contributed by atoms with E-state index >= 15 is 0 Å². The van der Waals surface area contributed by atoms with Crippen LogP contribution < -0.4 is 5.32 Å². The van der Waals surface area contributed by atoms with Gasteiger partial charge in [-0.1, -0.05) is 54.6 Å². The van der Waals surface area contributed by atoms with Gasteiger partial charge >= 0.3 is 0 Å². The second-order valence-corrected chi connectivity index (χ2v) is 7.11. The topological polar surface area (TPSA) is 55.1 Å². The Balaban J connectivity index is 1.42. The summed E-state index contributed by atoms with van der Waals surface area (Å²) in [6.45, 7) is 1.86. The summed E-state index contributed by atoms with van der Waals surface area (Å²) in [7, 11) is 0. The molecule has 0 radical (unpaired) electrons. The maximum absolute atomic E-state index is 12.1. The molecule has 4 aromatic rings. The molecule has 2 aromatic heterocycles. The van der Waals surface area contributed by atoms with Crippen LogP contribution in [0.4, 0.5) is 5.13 Å². The molecule has 28 heavy (non-hydrogen) atoms. The van der Waals surface area contributed by atoms with Crippen LogP contribution in [0.1, 0.15) is 11.5 Å². The number of anilines is 1. The monoisotopic (exact) mass is 386 g/mol. The van der Waals surface area contributed by atoms with Crippen LogP contribution in [0, 0.1) is 6.92 Å². The summed E-state index contributed by atoms with van der Waals surface area (Å²) in [4.78, 5) is 16.6. The quantitative estimate of drug-likeness (QED) is 0.426. The highest BCUT2D eigenvalue weighted by Crippen LogP contribution is 2.27. The number of aryl methyl sites for hydroxylation is 1. The van der Waals surface area contributed by atoms with Crippen LogP contribution in [0.25, 0.3) is 28.5 Å². The number of carbonyl (C=O) groups excluding carboxylic acids is 1. The molecule has 0 bridgehead atoms. The maximum atomic E-state index is 12.1. The van der Waals surface area contributed by atoms with E-state index in [0.29, 0.717) is 10.9 Å². The van der Waals surface area contributed by atoms with Crippen LogP contribution in [0.3, 0.4) is 0 Å². The molecule has 0 fully saturated rings. The van der Waals surface area contributed by atoms with Crippen LogP contribution >= 0.6 is 11.3 Å². The van der Waals surface area contributed by atoms with Gasteiger partial charge in [-0.3, -0.25) is 10.1 Å². The minimum absolute atomic E-state index is 0.241. The lowest BCUT2D eigenvalue weighted by Crippen LogP contribution is -2.07. The van der Waals surface area contributed by atoms with Crippen LogP contribution in [-0.4, -0.2) is 10.9 Å². The third-order valence-corrected chi connectivity index (χ3v) is 4.94. The second-order valence-electron chi connectivity index (χ2n) is 6.25. The molecule has 138 valence electrons. The molecular formula is C23H18N2O2S. The number of nitrogens with zero attached hydrogens (tertiary/aromatic N) is 1. The maximum Gasteiger partial charge on any atom is 0.250 e. The van der Waals surface area contributed by atoms with Gasteiger partial charge in [0.15, 0.2) is 5.13 Å². The first-order valence-corrected chi connectivity index (χ1v) is 9.72. The van der Waals surface area contributed by atoms with Gasteiger partial charge in [0.05, 0.1) is 5.69 Å². The summed E-state index contributed by atoms with van der Waals surface area (Å²) >= 11 is 1.40. The third-order valence-electron chi connectivity index (χ3n) is 4.18. The lowest BCUT2D eigenvalue weighted by atomic mass is 10.0. The van der Waals surface area contributed by atoms with E-state index in [0.717, 1.165) is 22.6 Å². The van der Waals surface area contributed by atoms with Gasteiger partial charge in [0.25, 0.3) is 0 Å². The summed E-state index contributed by atoms with van der Waals surface area (Å²) in [6, 6.07) is 22.2. The van der Waals surface area contributed by atoms with E-state index in [1.54, 1.807) is 6.08 Å². The lowest BCUT2D eigenvalue weighted by Gasteiger charge is -2.02. The molecule has 2 heterocycles. The highest BCUT2D eigenvalue weighted by atomic mass is 32.1. The van der Waals surface area contributed by atoms with Crippen molar-refractivity contribution in [2.24, 2.45) is 0 Å². The van der Waals surface area contributed by atoms with Crippen molar-refractivity contribution in [3.8, 4) is 22.4 Å². The van der Waals surface area contributed by atoms with Crippen molar-refractivity contribution in [2.45, 2.75) is 6.92 Å². The number of hydrogen-bond donors (Lipinski definition) is 1. The Kier molecular flexibility index (Phi) is 5.17. The van der Waals surface area contributed by atoms with Gasteiger partial charge < -0.3 is 4.42 Å². The highest BCUT2D eigenvalue weighted by molar-refractivity contribution is 7.14. The van der Waals surface area contributed by atoms with Gasteiger partial charge in [-0.2, -0.15) is 0 Å². The fourth-order valence-electron chi connectivity index (χ4n) is 2.78. The normalized spacial score (nSPS) is 11.0. The Morgan fingerprint density at radius 1 is 0.964 bits per heavy atom. The number of amides is 1. The minimum Gasteiger partial charge on any atom is -0.462 e. The molecule has 5 heteroatoms. The van der Waals surface area contributed by atoms with Gasteiger partial charge in [-0.05, 0) is 36.3 Å². The molecule has 0 atom stereocenters. The van der Waals surface area contributed by atoms with E-state index in [-0.39, 0.29) is 5.91 Å². The van der Waals surface area contributed by atoms with E-state index in [2.05, 4.69) is 34.6 Å². The number of hydrogen-bond acceptors (Lipinski definition) is 4. The first-order chi connectivity index (χ1) is 13.7. The number of aromatic nitrogens is 1. The third kappa shape index (κ3) is 4.27. The number of rotatable bonds is 5. The van der Waals surface area contributed by atoms with Crippen molar-refractivity contribution in [2.75, 3.05) is 5.32 Å². The van der Waals surface area contributed by atoms with Crippen LogP contribution in [0.5, 0.6) is 0 Å². The van der Waals surface area contributed by atoms with E-state index < -0.39 is 0 Å². The highest BCUT2D eigenvalue weighted by Gasteiger charge is 2.07. The molecule has 0 aliphatic carbocycles. The lowest BCUT2D eigenvalue weighted by molar-refractivity contribution is -0.111. The van der Waals surface area contributed by atoms with Crippen LogP contribution in [0.2, 0.25) is 0 Å².